The van der Waals surface area contributed by atoms with E-state index in [9.17, 15) is 23.2 Å². The van der Waals surface area contributed by atoms with Crippen LogP contribution in [0.25, 0.3) is 22.5 Å². The minimum absolute atomic E-state index is 0.0170. The second-order valence-corrected chi connectivity index (χ2v) is 9.01. The van der Waals surface area contributed by atoms with Crippen molar-refractivity contribution in [3.05, 3.63) is 83.2 Å². The van der Waals surface area contributed by atoms with E-state index in [1.807, 2.05) is 6.07 Å². The first-order valence-electron chi connectivity index (χ1n) is 11.9. The Bertz CT molecular complexity index is 1680. The molecule has 0 spiro atoms. The SMILES string of the molecule is C#CCCNc1cc(-c2cc(C#N)ccc2-c2nncn2C)cc(N2Cc3c(cccc3C(F)(F)F)C2=O)c1. The number of amides is 1. The van der Waals surface area contributed by atoms with Gasteiger partial charge in [-0.1, -0.05) is 6.07 Å². The number of carbonyl (C=O) groups excluding carboxylic acids is 1. The molecular formula is C29H21F3N6O. The van der Waals surface area contributed by atoms with Gasteiger partial charge in [0, 0.05) is 42.5 Å². The topological polar surface area (TPSA) is 86.8 Å². The van der Waals surface area contributed by atoms with Gasteiger partial charge in [0.1, 0.15) is 6.33 Å². The van der Waals surface area contributed by atoms with Crippen LogP contribution in [-0.2, 0) is 19.8 Å². The summed E-state index contributed by atoms with van der Waals surface area (Å²) in [4.78, 5) is 14.7. The minimum Gasteiger partial charge on any atom is -0.384 e. The summed E-state index contributed by atoms with van der Waals surface area (Å²) in [7, 11) is 1.79. The third-order valence-electron chi connectivity index (χ3n) is 6.51. The number of aryl methyl sites for hydroxylation is 1. The maximum absolute atomic E-state index is 13.7. The van der Waals surface area contributed by atoms with Crippen LogP contribution in [0.2, 0.25) is 0 Å². The first-order valence-corrected chi connectivity index (χ1v) is 11.9. The van der Waals surface area contributed by atoms with E-state index in [1.165, 1.54) is 17.0 Å². The number of hydrogen-bond donors (Lipinski definition) is 1. The van der Waals surface area contributed by atoms with Gasteiger partial charge in [0.2, 0.25) is 0 Å². The number of alkyl halides is 3. The van der Waals surface area contributed by atoms with Crippen molar-refractivity contribution in [2.75, 3.05) is 16.8 Å². The van der Waals surface area contributed by atoms with E-state index in [2.05, 4.69) is 27.5 Å². The molecule has 4 aromatic rings. The van der Waals surface area contributed by atoms with Crippen LogP contribution < -0.4 is 10.2 Å². The average molecular weight is 527 g/mol. The molecule has 5 rings (SSSR count). The lowest BCUT2D eigenvalue weighted by Crippen LogP contribution is -2.23. The van der Waals surface area contributed by atoms with Crippen LogP contribution in [0.4, 0.5) is 24.5 Å². The molecule has 1 aromatic heterocycles. The van der Waals surface area contributed by atoms with Crippen molar-refractivity contribution in [3.63, 3.8) is 0 Å². The number of carbonyl (C=O) groups is 1. The zero-order chi connectivity index (χ0) is 27.7. The molecule has 2 heterocycles. The molecule has 10 heteroatoms. The zero-order valence-electron chi connectivity index (χ0n) is 20.8. The number of rotatable bonds is 6. The smallest absolute Gasteiger partial charge is 0.384 e. The van der Waals surface area contributed by atoms with Crippen LogP contribution in [0.3, 0.4) is 0 Å². The maximum Gasteiger partial charge on any atom is 0.416 e. The third kappa shape index (κ3) is 4.80. The lowest BCUT2D eigenvalue weighted by atomic mass is 9.95. The van der Waals surface area contributed by atoms with Gasteiger partial charge < -0.3 is 14.8 Å². The van der Waals surface area contributed by atoms with Crippen LogP contribution in [0.1, 0.15) is 33.5 Å². The number of aromatic nitrogens is 3. The quantitative estimate of drug-likeness (QED) is 0.260. The summed E-state index contributed by atoms with van der Waals surface area (Å²) >= 11 is 0. The Labute approximate surface area is 222 Å². The molecule has 39 heavy (non-hydrogen) atoms. The van der Waals surface area contributed by atoms with Gasteiger partial charge in [-0.25, -0.2) is 0 Å². The summed E-state index contributed by atoms with van der Waals surface area (Å²) in [6, 6.07) is 16.2. The second-order valence-electron chi connectivity index (χ2n) is 9.01. The zero-order valence-corrected chi connectivity index (χ0v) is 20.8. The number of halogens is 3. The van der Waals surface area contributed by atoms with Crippen molar-refractivity contribution >= 4 is 17.3 Å². The van der Waals surface area contributed by atoms with E-state index in [0.717, 1.165) is 6.07 Å². The lowest BCUT2D eigenvalue weighted by Gasteiger charge is -2.20. The summed E-state index contributed by atoms with van der Waals surface area (Å²) in [5.41, 5.74) is 2.51. The van der Waals surface area contributed by atoms with Crippen LogP contribution >= 0.6 is 0 Å². The lowest BCUT2D eigenvalue weighted by molar-refractivity contribution is -0.138. The normalized spacial score (nSPS) is 12.7. The maximum atomic E-state index is 13.7. The van der Waals surface area contributed by atoms with Crippen molar-refractivity contribution in [1.82, 2.24) is 14.8 Å². The summed E-state index contributed by atoms with van der Waals surface area (Å²) < 4.78 is 42.9. The average Bonchev–Trinajstić information content (AvgIpc) is 3.50. The largest absolute Gasteiger partial charge is 0.416 e. The predicted octanol–water partition coefficient (Wildman–Crippen LogP) is 5.64. The van der Waals surface area contributed by atoms with Gasteiger partial charge in [-0.15, -0.1) is 22.5 Å². The van der Waals surface area contributed by atoms with Gasteiger partial charge in [-0.2, -0.15) is 18.4 Å². The Kier molecular flexibility index (Phi) is 6.55. The van der Waals surface area contributed by atoms with Gasteiger partial charge in [0.05, 0.1) is 23.7 Å². The number of hydrogen-bond acceptors (Lipinski definition) is 5. The summed E-state index contributed by atoms with van der Waals surface area (Å²) in [6.07, 6.45) is 2.81. The van der Waals surface area contributed by atoms with Gasteiger partial charge in [0.25, 0.3) is 5.91 Å². The van der Waals surface area contributed by atoms with Crippen LogP contribution in [0.5, 0.6) is 0 Å². The number of nitrogens with one attached hydrogen (secondary N) is 1. The molecule has 0 saturated heterocycles. The molecule has 0 bridgehead atoms. The van der Waals surface area contributed by atoms with E-state index in [0.29, 0.717) is 52.4 Å². The highest BCUT2D eigenvalue weighted by Gasteiger charge is 2.39. The Morgan fingerprint density at radius 2 is 1.92 bits per heavy atom. The fourth-order valence-electron chi connectivity index (χ4n) is 4.69. The molecule has 1 aliphatic rings. The highest BCUT2D eigenvalue weighted by atomic mass is 19.4. The number of nitrogens with zero attached hydrogens (tertiary/aromatic N) is 5. The highest BCUT2D eigenvalue weighted by Crippen LogP contribution is 2.41. The number of nitriles is 1. The van der Waals surface area contributed by atoms with Crippen molar-refractivity contribution in [3.8, 4) is 40.9 Å². The van der Waals surface area contributed by atoms with E-state index in [-0.39, 0.29) is 17.7 Å². The van der Waals surface area contributed by atoms with Crippen LogP contribution in [0.15, 0.2) is 60.9 Å². The fourth-order valence-corrected chi connectivity index (χ4v) is 4.69. The molecule has 1 amide bonds. The highest BCUT2D eigenvalue weighted by molar-refractivity contribution is 6.11. The molecule has 194 valence electrons. The molecule has 0 aliphatic carbocycles. The van der Waals surface area contributed by atoms with Gasteiger partial charge in [-0.05, 0) is 65.2 Å². The summed E-state index contributed by atoms with van der Waals surface area (Å²) in [5.74, 6) is 2.59. The predicted molar refractivity (Wildman–Crippen MR) is 140 cm³/mol. The molecule has 0 saturated carbocycles. The minimum atomic E-state index is -4.59. The Hall–Kier alpha value is -5.09. The number of fused-ring (bicyclic) bond motifs is 1. The van der Waals surface area contributed by atoms with Gasteiger partial charge >= 0.3 is 6.18 Å². The molecule has 3 aromatic carbocycles. The Balaban J connectivity index is 1.66. The first-order chi connectivity index (χ1) is 18.7. The number of benzene rings is 3. The Morgan fingerprint density at radius 1 is 1.10 bits per heavy atom. The van der Waals surface area contributed by atoms with Crippen molar-refractivity contribution in [2.24, 2.45) is 7.05 Å². The number of terminal acetylenes is 1. The van der Waals surface area contributed by atoms with Crippen molar-refractivity contribution in [2.45, 2.75) is 19.1 Å². The Morgan fingerprint density at radius 3 is 2.62 bits per heavy atom. The van der Waals surface area contributed by atoms with Gasteiger partial charge in [0.15, 0.2) is 5.82 Å². The first kappa shape index (κ1) is 25.6. The monoisotopic (exact) mass is 526 g/mol. The van der Waals surface area contributed by atoms with E-state index in [4.69, 9.17) is 6.42 Å². The molecule has 1 N–H and O–H groups in total. The molecular weight excluding hydrogens is 505 g/mol. The molecule has 1 aliphatic heterocycles. The van der Waals surface area contributed by atoms with Crippen LogP contribution in [0, 0.1) is 23.7 Å². The number of anilines is 2. The third-order valence-corrected chi connectivity index (χ3v) is 6.51. The van der Waals surface area contributed by atoms with Crippen LogP contribution in [-0.4, -0.2) is 27.2 Å². The van der Waals surface area contributed by atoms with E-state index < -0.39 is 17.6 Å². The fraction of sp³-hybridized carbons (Fsp3) is 0.172. The standard InChI is InChI=1S/C29H21F3N6O/c1-3-4-10-34-20-12-19(24-11-18(15-33)8-9-22(24)27-36-35-17-37(27)2)13-21(14-20)38-16-25-23(28(38)39)6-5-7-26(25)29(30,31)32/h1,5-9,11-14,17,34H,4,10,16H2,2H3. The molecule has 0 radical (unpaired) electrons. The second kappa shape index (κ2) is 9.99. The van der Waals surface area contributed by atoms with Crippen molar-refractivity contribution < 1.29 is 18.0 Å². The molecule has 0 unspecified atom stereocenters. The molecule has 0 fully saturated rings. The van der Waals surface area contributed by atoms with Gasteiger partial charge in [-0.3, -0.25) is 4.79 Å². The summed E-state index contributed by atoms with van der Waals surface area (Å²) in [6.45, 7) is 0.214. The van der Waals surface area contributed by atoms with E-state index >= 15 is 0 Å². The summed E-state index contributed by atoms with van der Waals surface area (Å²) in [5, 5.41) is 21.0. The molecule has 0 atom stereocenters. The van der Waals surface area contributed by atoms with Crippen molar-refractivity contribution in [1.29, 1.82) is 5.26 Å². The van der Waals surface area contributed by atoms with E-state index in [1.54, 1.807) is 48.3 Å². The molecule has 7 nitrogen and oxygen atoms in total.